The summed E-state index contributed by atoms with van der Waals surface area (Å²) in [7, 11) is 3.09. The summed E-state index contributed by atoms with van der Waals surface area (Å²) in [5.74, 6) is 0. The van der Waals surface area contributed by atoms with Crippen molar-refractivity contribution in [3.63, 3.8) is 0 Å². The molecule has 68 valence electrons. The molecule has 3 nitrogen and oxygen atoms in total. The lowest BCUT2D eigenvalue weighted by Gasteiger charge is -2.18. The van der Waals surface area contributed by atoms with Crippen LogP contribution < -0.4 is 5.43 Å². The maximum absolute atomic E-state index is 11.6. The maximum Gasteiger partial charge on any atom is 0.415 e. The van der Waals surface area contributed by atoms with E-state index in [4.69, 9.17) is 5.11 Å². The molecule has 6 heteroatoms. The van der Waals surface area contributed by atoms with Crippen molar-refractivity contribution in [1.29, 1.82) is 0 Å². The lowest BCUT2D eigenvalue weighted by molar-refractivity contribution is -0.203. The van der Waals surface area contributed by atoms with Gasteiger partial charge in [0.05, 0.1) is 0 Å². The second-order valence-electron chi connectivity index (χ2n) is 2.31. The number of hydrazine groups is 1. The van der Waals surface area contributed by atoms with Crippen molar-refractivity contribution in [2.24, 2.45) is 0 Å². The predicted molar refractivity (Wildman–Crippen MR) is 33.8 cm³/mol. The third-order valence-corrected chi connectivity index (χ3v) is 0.979. The molecule has 0 aliphatic heterocycles. The van der Waals surface area contributed by atoms with Crippen molar-refractivity contribution in [1.82, 2.24) is 10.4 Å². The van der Waals surface area contributed by atoms with E-state index >= 15 is 0 Å². The number of hydrogen-bond donors (Lipinski definition) is 2. The highest BCUT2D eigenvalue weighted by atomic mass is 19.4. The highest BCUT2D eigenvalue weighted by Gasteiger charge is 2.37. The van der Waals surface area contributed by atoms with Gasteiger partial charge in [-0.3, -0.25) is 10.4 Å². The summed E-state index contributed by atoms with van der Waals surface area (Å²) in [6.07, 6.45) is -6.84. The van der Waals surface area contributed by atoms with Crippen LogP contribution in [0, 0.1) is 0 Å². The maximum atomic E-state index is 11.6. The van der Waals surface area contributed by atoms with Gasteiger partial charge in [-0.05, 0) is 0 Å². The fraction of sp³-hybridized carbons (Fsp3) is 1.00. The number of alkyl halides is 3. The molecule has 0 aromatic heterocycles. The third kappa shape index (κ3) is 5.00. The smallest absolute Gasteiger partial charge is 0.382 e. The molecule has 0 heterocycles. The molecule has 0 radical (unpaired) electrons. The van der Waals surface area contributed by atoms with Crippen LogP contribution in [0.25, 0.3) is 0 Å². The average molecular weight is 172 g/mol. The molecule has 0 aliphatic carbocycles. The summed E-state index contributed by atoms with van der Waals surface area (Å²) in [6.45, 7) is -0.517. The van der Waals surface area contributed by atoms with Crippen LogP contribution in [0.4, 0.5) is 13.2 Å². The van der Waals surface area contributed by atoms with Gasteiger partial charge in [-0.25, -0.2) is 0 Å². The van der Waals surface area contributed by atoms with Gasteiger partial charge in [-0.15, -0.1) is 0 Å². The first-order valence-corrected chi connectivity index (χ1v) is 2.99. The van der Waals surface area contributed by atoms with Crippen LogP contribution in [0.3, 0.4) is 0 Å². The molecule has 0 aliphatic rings. The Morgan fingerprint density at radius 2 is 1.91 bits per heavy atom. The third-order valence-electron chi connectivity index (χ3n) is 0.979. The van der Waals surface area contributed by atoms with Crippen molar-refractivity contribution in [3.05, 3.63) is 0 Å². The average Bonchev–Trinajstić information content (AvgIpc) is 1.80. The molecular formula is C5H11F3N2O. The first-order valence-electron chi connectivity index (χ1n) is 2.99. The van der Waals surface area contributed by atoms with Crippen molar-refractivity contribution < 1.29 is 18.3 Å². The molecule has 0 fully saturated rings. The Labute approximate surface area is 62.8 Å². The number of nitrogens with zero attached hydrogens (tertiary/aromatic N) is 1. The summed E-state index contributed by atoms with van der Waals surface area (Å²) in [6, 6.07) is 0. The van der Waals surface area contributed by atoms with Gasteiger partial charge in [0.15, 0.2) is 6.10 Å². The quantitative estimate of drug-likeness (QED) is 0.587. The molecule has 0 rings (SSSR count). The van der Waals surface area contributed by atoms with Crippen LogP contribution in [0.2, 0.25) is 0 Å². The van der Waals surface area contributed by atoms with Gasteiger partial charge >= 0.3 is 6.18 Å². The van der Waals surface area contributed by atoms with Gasteiger partial charge in [0.2, 0.25) is 0 Å². The van der Waals surface area contributed by atoms with Gasteiger partial charge in [0.1, 0.15) is 0 Å². The summed E-state index contributed by atoms with van der Waals surface area (Å²) in [5.41, 5.74) is 2.32. The molecule has 0 saturated carbocycles. The topological polar surface area (TPSA) is 35.5 Å². The first kappa shape index (κ1) is 10.7. The summed E-state index contributed by atoms with van der Waals surface area (Å²) >= 11 is 0. The Hall–Kier alpha value is -0.330. The zero-order valence-electron chi connectivity index (χ0n) is 6.31. The monoisotopic (exact) mass is 172 g/mol. The molecule has 0 saturated heterocycles. The molecule has 1 unspecified atom stereocenters. The largest absolute Gasteiger partial charge is 0.415 e. The van der Waals surface area contributed by atoms with E-state index in [0.29, 0.717) is 0 Å². The molecule has 2 N–H and O–H groups in total. The van der Waals surface area contributed by atoms with Crippen LogP contribution in [-0.4, -0.2) is 43.0 Å². The fourth-order valence-corrected chi connectivity index (χ4v) is 0.385. The summed E-state index contributed by atoms with van der Waals surface area (Å²) in [4.78, 5) is 0. The Balaban J connectivity index is 3.61. The van der Waals surface area contributed by atoms with E-state index in [1.165, 1.54) is 5.01 Å². The van der Waals surface area contributed by atoms with E-state index in [2.05, 4.69) is 5.43 Å². The number of halogens is 3. The molecule has 11 heavy (non-hydrogen) atoms. The minimum Gasteiger partial charge on any atom is -0.382 e. The molecule has 0 bridgehead atoms. The zero-order chi connectivity index (χ0) is 9.07. The molecule has 0 spiro atoms. The Bertz CT molecular complexity index is 115. The zero-order valence-corrected chi connectivity index (χ0v) is 6.31. The van der Waals surface area contributed by atoms with Crippen molar-refractivity contribution >= 4 is 0 Å². The first-order chi connectivity index (χ1) is 4.84. The van der Waals surface area contributed by atoms with Crippen LogP contribution in [0.1, 0.15) is 0 Å². The van der Waals surface area contributed by atoms with Crippen LogP contribution in [-0.2, 0) is 0 Å². The predicted octanol–water partition coefficient (Wildman–Crippen LogP) is -0.0242. The molecule has 0 amide bonds. The van der Waals surface area contributed by atoms with Crippen LogP contribution in [0.15, 0.2) is 0 Å². The van der Waals surface area contributed by atoms with E-state index in [-0.39, 0.29) is 0 Å². The highest BCUT2D eigenvalue weighted by molar-refractivity contribution is 4.66. The second-order valence-corrected chi connectivity index (χ2v) is 2.31. The summed E-state index contributed by atoms with van der Waals surface area (Å²) < 4.78 is 34.8. The van der Waals surface area contributed by atoms with Crippen molar-refractivity contribution in [2.75, 3.05) is 20.6 Å². The minimum absolute atomic E-state index is 0.517. The molecule has 1 atom stereocenters. The fourth-order valence-electron chi connectivity index (χ4n) is 0.385. The summed E-state index contributed by atoms with van der Waals surface area (Å²) in [5, 5.41) is 9.76. The highest BCUT2D eigenvalue weighted by Crippen LogP contribution is 2.18. The van der Waals surface area contributed by atoms with Gasteiger partial charge in [-0.2, -0.15) is 13.2 Å². The van der Waals surface area contributed by atoms with E-state index in [1.807, 2.05) is 0 Å². The number of aliphatic hydroxyl groups excluding tert-OH is 1. The normalized spacial score (nSPS) is 15.5. The van der Waals surface area contributed by atoms with Gasteiger partial charge < -0.3 is 5.11 Å². The number of hydrogen-bond acceptors (Lipinski definition) is 3. The Kier molecular flexibility index (Phi) is 3.77. The van der Waals surface area contributed by atoms with Gasteiger partial charge in [0.25, 0.3) is 0 Å². The van der Waals surface area contributed by atoms with E-state index in [0.717, 1.165) is 0 Å². The van der Waals surface area contributed by atoms with Gasteiger partial charge in [-0.1, -0.05) is 0 Å². The number of rotatable bonds is 3. The van der Waals surface area contributed by atoms with Crippen LogP contribution in [0.5, 0.6) is 0 Å². The van der Waals surface area contributed by atoms with E-state index in [1.54, 1.807) is 14.1 Å². The SMILES string of the molecule is CN(C)NCC(O)C(F)(F)F. The molecule has 0 aromatic rings. The van der Waals surface area contributed by atoms with E-state index in [9.17, 15) is 13.2 Å². The second kappa shape index (κ2) is 3.89. The van der Waals surface area contributed by atoms with E-state index < -0.39 is 18.8 Å². The van der Waals surface area contributed by atoms with Crippen molar-refractivity contribution in [3.8, 4) is 0 Å². The number of aliphatic hydroxyl groups is 1. The van der Waals surface area contributed by atoms with Crippen molar-refractivity contribution in [2.45, 2.75) is 12.3 Å². The Morgan fingerprint density at radius 1 is 1.45 bits per heavy atom. The minimum atomic E-state index is -4.54. The van der Waals surface area contributed by atoms with Gasteiger partial charge in [0, 0.05) is 20.6 Å². The lowest BCUT2D eigenvalue weighted by Crippen LogP contribution is -2.43. The molecular weight excluding hydrogens is 161 g/mol. The Morgan fingerprint density at radius 3 is 2.18 bits per heavy atom. The lowest BCUT2D eigenvalue weighted by atomic mass is 10.3. The number of nitrogens with one attached hydrogen (secondary N) is 1. The van der Waals surface area contributed by atoms with Crippen LogP contribution >= 0.6 is 0 Å². The standard InChI is InChI=1S/C5H11F3N2O/c1-10(2)9-3-4(11)5(6,7)8/h4,9,11H,3H2,1-2H3. The molecule has 0 aromatic carbocycles.